The van der Waals surface area contributed by atoms with Crippen molar-refractivity contribution >= 4 is 22.6 Å². The van der Waals surface area contributed by atoms with E-state index in [1.807, 2.05) is 48.5 Å². The minimum Gasteiger partial charge on any atom is -0.341 e. The lowest BCUT2D eigenvalue weighted by atomic mass is 10.00. The van der Waals surface area contributed by atoms with E-state index in [0.29, 0.717) is 5.02 Å². The second kappa shape index (κ2) is 4.34. The maximum Gasteiger partial charge on any atom is 0.128 e. The third-order valence-electron chi connectivity index (χ3n) is 4.24. The summed E-state index contributed by atoms with van der Waals surface area (Å²) in [5.74, 6) is 0.950. The van der Waals surface area contributed by atoms with Gasteiger partial charge >= 0.3 is 0 Å². The third-order valence-corrected chi connectivity index (χ3v) is 4.50. The van der Waals surface area contributed by atoms with Crippen LogP contribution in [0.1, 0.15) is 23.7 Å². The summed E-state index contributed by atoms with van der Waals surface area (Å²) < 4.78 is 0. The topological polar surface area (TPSA) is 52.5 Å². The molecule has 1 aromatic heterocycles. The van der Waals surface area contributed by atoms with E-state index in [2.05, 4.69) is 16.0 Å². The Bertz CT molecular complexity index is 827. The van der Waals surface area contributed by atoms with Crippen molar-refractivity contribution in [2.45, 2.75) is 17.8 Å². The molecule has 3 nitrogen and oxygen atoms in total. The van der Waals surface area contributed by atoms with Gasteiger partial charge in [-0.1, -0.05) is 35.9 Å². The molecule has 1 saturated carbocycles. The van der Waals surface area contributed by atoms with E-state index in [1.54, 1.807) is 0 Å². The number of imidazole rings is 1. The molecule has 21 heavy (non-hydrogen) atoms. The highest BCUT2D eigenvalue weighted by Gasteiger charge is 2.59. The van der Waals surface area contributed by atoms with Crippen molar-refractivity contribution in [2.75, 3.05) is 0 Å². The standard InChI is InChI=1S/C17H12ClN3/c18-12-7-5-11(6-8-12)13-9-17(13,10-19)16-20-14-3-1-2-4-15(14)21-16/h1-8,13H,9H2,(H,20,21)/t13-,17-/m0/s1. The van der Waals surface area contributed by atoms with Gasteiger partial charge in [0.15, 0.2) is 0 Å². The first-order chi connectivity index (χ1) is 10.2. The molecule has 1 aliphatic rings. The Balaban J connectivity index is 1.76. The van der Waals surface area contributed by atoms with Gasteiger partial charge in [-0.15, -0.1) is 0 Å². The van der Waals surface area contributed by atoms with Crippen LogP contribution in [0.3, 0.4) is 0 Å². The predicted octanol–water partition coefficient (Wildman–Crippen LogP) is 4.17. The summed E-state index contributed by atoms with van der Waals surface area (Å²) in [5, 5.41) is 10.4. The van der Waals surface area contributed by atoms with Crippen LogP contribution in [0.2, 0.25) is 5.02 Å². The summed E-state index contributed by atoms with van der Waals surface area (Å²) >= 11 is 5.93. The van der Waals surface area contributed by atoms with Crippen molar-refractivity contribution in [3.8, 4) is 6.07 Å². The van der Waals surface area contributed by atoms with Crippen molar-refractivity contribution < 1.29 is 0 Å². The van der Waals surface area contributed by atoms with Crippen LogP contribution in [0, 0.1) is 11.3 Å². The first-order valence-electron chi connectivity index (χ1n) is 6.85. The number of aromatic amines is 1. The van der Waals surface area contributed by atoms with Crippen LogP contribution in [0.15, 0.2) is 48.5 Å². The average Bonchev–Trinajstić information content (AvgIpc) is 3.10. The number of hydrogen-bond acceptors (Lipinski definition) is 2. The second-order valence-electron chi connectivity index (χ2n) is 5.49. The monoisotopic (exact) mass is 293 g/mol. The number of aromatic nitrogens is 2. The summed E-state index contributed by atoms with van der Waals surface area (Å²) in [4.78, 5) is 7.91. The van der Waals surface area contributed by atoms with Crippen LogP contribution in [0.25, 0.3) is 11.0 Å². The molecule has 2 atom stereocenters. The molecule has 0 saturated heterocycles. The van der Waals surface area contributed by atoms with E-state index in [-0.39, 0.29) is 5.92 Å². The van der Waals surface area contributed by atoms with Gasteiger partial charge in [0.05, 0.1) is 17.1 Å². The fourth-order valence-electron chi connectivity index (χ4n) is 2.96. The maximum atomic E-state index is 9.69. The molecule has 1 N–H and O–H groups in total. The lowest BCUT2D eigenvalue weighted by Crippen LogP contribution is -2.08. The summed E-state index contributed by atoms with van der Waals surface area (Å²) in [6.45, 7) is 0. The minimum atomic E-state index is -0.535. The third kappa shape index (κ3) is 1.84. The van der Waals surface area contributed by atoms with Gasteiger partial charge in [-0.3, -0.25) is 0 Å². The largest absolute Gasteiger partial charge is 0.341 e. The Hall–Kier alpha value is -2.31. The number of para-hydroxylation sites is 2. The van der Waals surface area contributed by atoms with Gasteiger partial charge < -0.3 is 4.98 Å². The Labute approximate surface area is 127 Å². The van der Waals surface area contributed by atoms with Crippen LogP contribution in [-0.4, -0.2) is 9.97 Å². The van der Waals surface area contributed by atoms with Gasteiger partial charge in [0.25, 0.3) is 0 Å². The van der Waals surface area contributed by atoms with Crippen LogP contribution in [0.5, 0.6) is 0 Å². The lowest BCUT2D eigenvalue weighted by Gasteiger charge is -2.05. The molecular formula is C17H12ClN3. The summed E-state index contributed by atoms with van der Waals surface area (Å²) in [6.07, 6.45) is 0.797. The highest BCUT2D eigenvalue weighted by Crippen LogP contribution is 2.59. The van der Waals surface area contributed by atoms with Gasteiger partial charge in [-0.05, 0) is 36.2 Å². The van der Waals surface area contributed by atoms with Crippen LogP contribution in [0.4, 0.5) is 0 Å². The summed E-state index contributed by atoms with van der Waals surface area (Å²) in [5.41, 5.74) is 2.49. The molecule has 4 rings (SSSR count). The van der Waals surface area contributed by atoms with E-state index in [4.69, 9.17) is 11.6 Å². The molecule has 0 unspecified atom stereocenters. The first-order valence-corrected chi connectivity index (χ1v) is 7.23. The Morgan fingerprint density at radius 1 is 1.19 bits per heavy atom. The van der Waals surface area contributed by atoms with Crippen molar-refractivity contribution in [1.82, 2.24) is 9.97 Å². The van der Waals surface area contributed by atoms with E-state index in [1.165, 1.54) is 0 Å². The second-order valence-corrected chi connectivity index (χ2v) is 5.93. The molecule has 0 bridgehead atoms. The Morgan fingerprint density at radius 3 is 2.67 bits per heavy atom. The number of rotatable bonds is 2. The van der Waals surface area contributed by atoms with Gasteiger partial charge in [-0.25, -0.2) is 4.98 Å². The Morgan fingerprint density at radius 2 is 1.95 bits per heavy atom. The highest BCUT2D eigenvalue weighted by atomic mass is 35.5. The highest BCUT2D eigenvalue weighted by molar-refractivity contribution is 6.30. The molecule has 2 aromatic carbocycles. The zero-order valence-corrected chi connectivity index (χ0v) is 11.9. The van der Waals surface area contributed by atoms with Crippen molar-refractivity contribution in [2.24, 2.45) is 0 Å². The number of halogens is 1. The van der Waals surface area contributed by atoms with Crippen LogP contribution in [-0.2, 0) is 5.41 Å². The molecule has 0 spiro atoms. The smallest absolute Gasteiger partial charge is 0.128 e. The molecule has 1 aliphatic carbocycles. The number of nitrogens with zero attached hydrogens (tertiary/aromatic N) is 2. The fraction of sp³-hybridized carbons (Fsp3) is 0.176. The van der Waals surface area contributed by atoms with Gasteiger partial charge in [0, 0.05) is 10.9 Å². The molecule has 0 radical (unpaired) electrons. The fourth-order valence-corrected chi connectivity index (χ4v) is 3.09. The molecule has 1 fully saturated rings. The number of H-pyrrole nitrogens is 1. The molecule has 3 aromatic rings. The molecule has 4 heteroatoms. The molecule has 0 amide bonds. The SMILES string of the molecule is N#C[C@@]1(c2nc3ccccc3[nH]2)C[C@H]1c1ccc(Cl)cc1. The van der Waals surface area contributed by atoms with Gasteiger partial charge in [0.2, 0.25) is 0 Å². The maximum absolute atomic E-state index is 9.69. The first kappa shape index (κ1) is 12.4. The molecule has 0 aliphatic heterocycles. The number of fused-ring (bicyclic) bond motifs is 1. The van der Waals surface area contributed by atoms with Crippen molar-refractivity contribution in [1.29, 1.82) is 5.26 Å². The molecule has 1 heterocycles. The molecule has 102 valence electrons. The van der Waals surface area contributed by atoms with E-state index in [9.17, 15) is 5.26 Å². The number of nitriles is 1. The van der Waals surface area contributed by atoms with E-state index >= 15 is 0 Å². The van der Waals surface area contributed by atoms with Crippen LogP contribution >= 0.6 is 11.6 Å². The van der Waals surface area contributed by atoms with E-state index in [0.717, 1.165) is 28.8 Å². The Kier molecular flexibility index (Phi) is 2.57. The summed E-state index contributed by atoms with van der Waals surface area (Å²) in [6, 6.07) is 18.1. The van der Waals surface area contributed by atoms with Gasteiger partial charge in [0.1, 0.15) is 11.2 Å². The van der Waals surface area contributed by atoms with Gasteiger partial charge in [-0.2, -0.15) is 5.26 Å². The lowest BCUT2D eigenvalue weighted by molar-refractivity contribution is 0.790. The zero-order valence-electron chi connectivity index (χ0n) is 11.2. The number of benzene rings is 2. The normalized spacial score (nSPS) is 23.9. The van der Waals surface area contributed by atoms with Crippen molar-refractivity contribution in [3.63, 3.8) is 0 Å². The average molecular weight is 294 g/mol. The predicted molar refractivity (Wildman–Crippen MR) is 82.2 cm³/mol. The van der Waals surface area contributed by atoms with Crippen LogP contribution < -0.4 is 0 Å². The molecular weight excluding hydrogens is 282 g/mol. The van der Waals surface area contributed by atoms with E-state index < -0.39 is 5.41 Å². The summed E-state index contributed by atoms with van der Waals surface area (Å²) in [7, 11) is 0. The zero-order chi connectivity index (χ0) is 14.4. The number of nitrogens with one attached hydrogen (secondary N) is 1. The quantitative estimate of drug-likeness (QED) is 0.771. The van der Waals surface area contributed by atoms with Crippen molar-refractivity contribution in [3.05, 3.63) is 64.9 Å². The minimum absolute atomic E-state index is 0.181. The number of hydrogen-bond donors (Lipinski definition) is 1.